The van der Waals surface area contributed by atoms with Gasteiger partial charge in [-0.2, -0.15) is 0 Å². The van der Waals surface area contributed by atoms with Gasteiger partial charge < -0.3 is 18.3 Å². The summed E-state index contributed by atoms with van der Waals surface area (Å²) in [6, 6.07) is 74.8. The molecule has 0 bridgehead atoms. The smallest absolute Gasteiger partial charge is 0.227 e. The van der Waals surface area contributed by atoms with Gasteiger partial charge >= 0.3 is 0 Å². The number of rotatable bonds is 7. The number of furan rings is 1. The van der Waals surface area contributed by atoms with Gasteiger partial charge in [-0.3, -0.25) is 0 Å². The lowest BCUT2D eigenvalue weighted by molar-refractivity contribution is 0.622. The minimum Gasteiger partial charge on any atom is -0.456 e. The molecule has 0 unspecified atom stereocenters. The van der Waals surface area contributed by atoms with E-state index in [0.717, 1.165) is 72.5 Å². The number of anilines is 3. The zero-order chi connectivity index (χ0) is 39.6. The van der Waals surface area contributed by atoms with Crippen LogP contribution in [0.5, 0.6) is 0 Å². The Labute approximate surface area is 345 Å². The van der Waals surface area contributed by atoms with Crippen molar-refractivity contribution in [1.29, 1.82) is 0 Å². The molecule has 3 heterocycles. The molecular formula is C55H35N3O2. The van der Waals surface area contributed by atoms with E-state index in [1.807, 2.05) is 30.3 Å². The van der Waals surface area contributed by atoms with Crippen LogP contribution in [0.1, 0.15) is 0 Å². The molecule has 5 nitrogen and oxygen atoms in total. The summed E-state index contributed by atoms with van der Waals surface area (Å²) in [5.41, 5.74) is 15.4. The maximum absolute atomic E-state index is 6.43. The Hall–Kier alpha value is -8.15. The molecule has 0 fully saturated rings. The number of para-hydroxylation sites is 3. The zero-order valence-corrected chi connectivity index (χ0v) is 32.4. The average molecular weight is 770 g/mol. The molecule has 12 aromatic rings. The summed E-state index contributed by atoms with van der Waals surface area (Å²) >= 11 is 0. The van der Waals surface area contributed by atoms with E-state index in [1.54, 1.807) is 0 Å². The molecule has 0 radical (unpaired) electrons. The fourth-order valence-corrected chi connectivity index (χ4v) is 8.76. The molecule has 0 spiro atoms. The number of nitrogens with zero attached hydrogens (tertiary/aromatic N) is 3. The van der Waals surface area contributed by atoms with Crippen LogP contribution >= 0.6 is 0 Å². The van der Waals surface area contributed by atoms with Gasteiger partial charge in [-0.25, -0.2) is 4.98 Å². The van der Waals surface area contributed by atoms with Gasteiger partial charge in [-0.15, -0.1) is 0 Å². The topological polar surface area (TPSA) is 47.3 Å². The van der Waals surface area contributed by atoms with Crippen LogP contribution in [-0.2, 0) is 0 Å². The van der Waals surface area contributed by atoms with Crippen molar-refractivity contribution in [2.24, 2.45) is 0 Å². The molecular weight excluding hydrogens is 735 g/mol. The van der Waals surface area contributed by atoms with Gasteiger partial charge in [0.1, 0.15) is 16.7 Å². The van der Waals surface area contributed by atoms with E-state index in [1.165, 1.54) is 32.9 Å². The highest BCUT2D eigenvalue weighted by Crippen LogP contribution is 2.41. The van der Waals surface area contributed by atoms with E-state index >= 15 is 0 Å². The predicted octanol–water partition coefficient (Wildman–Crippen LogP) is 15.3. The molecule has 0 saturated heterocycles. The Balaban J connectivity index is 0.915. The monoisotopic (exact) mass is 769 g/mol. The van der Waals surface area contributed by atoms with Crippen molar-refractivity contribution >= 4 is 71.9 Å². The van der Waals surface area contributed by atoms with Crippen LogP contribution in [0, 0.1) is 0 Å². The molecule has 0 aliphatic heterocycles. The number of hydrogen-bond donors (Lipinski definition) is 0. The summed E-state index contributed by atoms with van der Waals surface area (Å²) in [6.07, 6.45) is 0. The number of aromatic nitrogens is 2. The maximum Gasteiger partial charge on any atom is 0.227 e. The second-order valence-corrected chi connectivity index (χ2v) is 15.2. The lowest BCUT2D eigenvalue weighted by Gasteiger charge is -2.26. The third-order valence-corrected chi connectivity index (χ3v) is 11.6. The Bertz CT molecular complexity index is 3510. The lowest BCUT2D eigenvalue weighted by Crippen LogP contribution is -2.10. The highest BCUT2D eigenvalue weighted by molar-refractivity contribution is 6.16. The van der Waals surface area contributed by atoms with Crippen LogP contribution in [0.3, 0.4) is 0 Å². The summed E-state index contributed by atoms with van der Waals surface area (Å²) < 4.78 is 14.9. The number of oxazole rings is 1. The molecule has 0 aliphatic carbocycles. The average Bonchev–Trinajstić information content (AvgIpc) is 4.02. The van der Waals surface area contributed by atoms with Crippen molar-refractivity contribution in [2.45, 2.75) is 0 Å². The summed E-state index contributed by atoms with van der Waals surface area (Å²) in [5, 5.41) is 4.41. The molecule has 0 saturated carbocycles. The van der Waals surface area contributed by atoms with Crippen LogP contribution in [0.2, 0.25) is 0 Å². The second kappa shape index (κ2) is 13.8. The van der Waals surface area contributed by atoms with Crippen LogP contribution in [0.25, 0.3) is 94.2 Å². The van der Waals surface area contributed by atoms with Crippen LogP contribution in [0.15, 0.2) is 221 Å². The van der Waals surface area contributed by atoms with Crippen molar-refractivity contribution in [2.75, 3.05) is 4.90 Å². The van der Waals surface area contributed by atoms with Crippen LogP contribution < -0.4 is 4.90 Å². The van der Waals surface area contributed by atoms with Crippen molar-refractivity contribution in [3.8, 4) is 39.4 Å². The number of benzene rings is 9. The fourth-order valence-electron chi connectivity index (χ4n) is 8.76. The molecule has 3 aromatic heterocycles. The van der Waals surface area contributed by atoms with E-state index < -0.39 is 0 Å². The minimum atomic E-state index is 0.586. The van der Waals surface area contributed by atoms with Crippen molar-refractivity contribution in [3.63, 3.8) is 0 Å². The second-order valence-electron chi connectivity index (χ2n) is 15.2. The van der Waals surface area contributed by atoms with E-state index in [-0.39, 0.29) is 0 Å². The maximum atomic E-state index is 6.43. The van der Waals surface area contributed by atoms with Gasteiger partial charge in [0.2, 0.25) is 5.89 Å². The quantitative estimate of drug-likeness (QED) is 0.162. The molecule has 0 aliphatic rings. The Morgan fingerprint density at radius 2 is 0.933 bits per heavy atom. The van der Waals surface area contributed by atoms with Crippen molar-refractivity contribution in [3.05, 3.63) is 212 Å². The largest absolute Gasteiger partial charge is 0.456 e. The first-order valence-corrected chi connectivity index (χ1v) is 20.2. The minimum absolute atomic E-state index is 0.586. The molecule has 12 rings (SSSR count). The first-order valence-electron chi connectivity index (χ1n) is 20.2. The molecule has 0 N–H and O–H groups in total. The highest BCUT2D eigenvalue weighted by Gasteiger charge is 2.19. The molecule has 60 heavy (non-hydrogen) atoms. The first kappa shape index (κ1) is 33.9. The molecule has 0 amide bonds. The van der Waals surface area contributed by atoms with E-state index in [2.05, 4.69) is 191 Å². The molecule has 0 atom stereocenters. The normalized spacial score (nSPS) is 11.7. The first-order chi connectivity index (χ1) is 29.7. The Morgan fingerprint density at radius 3 is 1.65 bits per heavy atom. The third kappa shape index (κ3) is 5.59. The number of hydrogen-bond acceptors (Lipinski definition) is 4. The lowest BCUT2D eigenvalue weighted by atomic mass is 10.0. The van der Waals surface area contributed by atoms with E-state index in [0.29, 0.717) is 5.89 Å². The van der Waals surface area contributed by atoms with E-state index in [9.17, 15) is 0 Å². The van der Waals surface area contributed by atoms with Crippen molar-refractivity contribution < 1.29 is 8.83 Å². The number of fused-ring (bicyclic) bond motifs is 8. The standard InChI is InChI=1S/C55H35N3O2/c1-3-11-36(12-4-1)38-23-27-42(28-24-38)57(44-31-33-50-47(35-44)45-15-7-9-17-49(45)58(50)41-13-5-2-6-14-41)43-29-25-39(26-30-43)37-19-21-40(22-20-37)55-56-48-32-34-52-53(54(48)60-55)46-16-8-10-18-51(46)59-52/h1-35H. The van der Waals surface area contributed by atoms with Crippen molar-refractivity contribution in [1.82, 2.24) is 9.55 Å². The molecule has 5 heteroatoms. The van der Waals surface area contributed by atoms with Crippen LogP contribution in [0.4, 0.5) is 17.1 Å². The van der Waals surface area contributed by atoms with Crippen LogP contribution in [-0.4, -0.2) is 9.55 Å². The van der Waals surface area contributed by atoms with Gasteiger partial charge in [-0.05, 0) is 113 Å². The van der Waals surface area contributed by atoms with Gasteiger partial charge in [0.15, 0.2) is 5.58 Å². The van der Waals surface area contributed by atoms with E-state index in [4.69, 9.17) is 13.8 Å². The molecule has 282 valence electrons. The van der Waals surface area contributed by atoms with Gasteiger partial charge in [0.25, 0.3) is 0 Å². The fraction of sp³-hybridized carbons (Fsp3) is 0. The van der Waals surface area contributed by atoms with Gasteiger partial charge in [0, 0.05) is 44.5 Å². The molecule has 9 aromatic carbocycles. The zero-order valence-electron chi connectivity index (χ0n) is 32.4. The van der Waals surface area contributed by atoms with Gasteiger partial charge in [0.05, 0.1) is 16.4 Å². The van der Waals surface area contributed by atoms with Gasteiger partial charge in [-0.1, -0.05) is 121 Å². The predicted molar refractivity (Wildman–Crippen MR) is 247 cm³/mol. The Kier molecular flexibility index (Phi) is 7.78. The Morgan fingerprint density at radius 1 is 0.383 bits per heavy atom. The SMILES string of the molecule is c1ccc(-c2ccc(N(c3ccc(-c4ccc(-c5nc6ccc7oc8ccccc8c7c6o5)cc4)cc3)c3ccc4c(c3)c3ccccc3n4-c3ccccc3)cc2)cc1. The summed E-state index contributed by atoms with van der Waals surface area (Å²) in [7, 11) is 0. The highest BCUT2D eigenvalue weighted by atomic mass is 16.4. The summed E-state index contributed by atoms with van der Waals surface area (Å²) in [6.45, 7) is 0. The third-order valence-electron chi connectivity index (χ3n) is 11.6. The summed E-state index contributed by atoms with van der Waals surface area (Å²) in [4.78, 5) is 7.22. The summed E-state index contributed by atoms with van der Waals surface area (Å²) in [5.74, 6) is 0.586.